The lowest BCUT2D eigenvalue weighted by molar-refractivity contribution is -0.123. The molecule has 4 rings (SSSR count). The van der Waals surface area contributed by atoms with Gasteiger partial charge in [-0.3, -0.25) is 4.79 Å². The number of benzene rings is 2. The van der Waals surface area contributed by atoms with Crippen molar-refractivity contribution in [2.75, 3.05) is 23.5 Å². The molecule has 0 N–H and O–H groups in total. The molecule has 2 heterocycles. The van der Waals surface area contributed by atoms with Crippen molar-refractivity contribution < 1.29 is 22.7 Å². The maximum Gasteiger partial charge on any atom is 0.288 e. The largest absolute Gasteiger partial charge is 0.497 e. The number of amides is 1. The summed E-state index contributed by atoms with van der Waals surface area (Å²) < 4.78 is 35.4. The van der Waals surface area contributed by atoms with E-state index < -0.39 is 21.8 Å². The topological polar surface area (TPSA) is 85.3 Å². The number of methoxy groups -OCH3 is 1. The second-order valence-electron chi connectivity index (χ2n) is 7.18. The summed E-state index contributed by atoms with van der Waals surface area (Å²) in [7, 11) is -1.56. The summed E-state index contributed by atoms with van der Waals surface area (Å²) in [5.74, 6) is 0.924. The molecule has 1 amide bonds. The number of hydrogen-bond acceptors (Lipinski definition) is 6. The lowest BCUT2D eigenvalue weighted by Gasteiger charge is -2.25. The second-order valence-corrected chi connectivity index (χ2v) is 10.5. The summed E-state index contributed by atoms with van der Waals surface area (Å²) in [5, 5.41) is 0.319. The molecule has 2 aliphatic heterocycles. The van der Waals surface area contributed by atoms with E-state index in [0.29, 0.717) is 16.7 Å². The van der Waals surface area contributed by atoms with Gasteiger partial charge in [0.25, 0.3) is 5.91 Å². The molecule has 2 fully saturated rings. The van der Waals surface area contributed by atoms with E-state index in [1.807, 2.05) is 47.4 Å². The molecule has 0 aromatic heterocycles. The first-order valence-electron chi connectivity index (χ1n) is 9.51. The lowest BCUT2D eigenvalue weighted by atomic mass is 10.2. The highest BCUT2D eigenvalue weighted by atomic mass is 32.2. The van der Waals surface area contributed by atoms with E-state index in [2.05, 4.69) is 4.99 Å². The third kappa shape index (κ3) is 4.32. The number of para-hydroxylation sites is 1. The van der Waals surface area contributed by atoms with Gasteiger partial charge in [0.15, 0.2) is 21.1 Å². The molecule has 30 heavy (non-hydrogen) atoms. The molecule has 2 aliphatic rings. The highest BCUT2D eigenvalue weighted by Crippen LogP contribution is 2.41. The molecular weight excluding hydrogens is 424 g/mol. The number of anilines is 1. The van der Waals surface area contributed by atoms with E-state index in [1.54, 1.807) is 26.2 Å². The lowest BCUT2D eigenvalue weighted by Crippen LogP contribution is -2.38. The summed E-state index contributed by atoms with van der Waals surface area (Å²) in [5.41, 5.74) is 0.745. The number of thioether (sulfide) groups is 1. The van der Waals surface area contributed by atoms with Crippen LogP contribution in [-0.2, 0) is 14.6 Å². The van der Waals surface area contributed by atoms with Crippen molar-refractivity contribution in [3.05, 3.63) is 54.6 Å². The highest BCUT2D eigenvalue weighted by Gasteiger charge is 2.49. The van der Waals surface area contributed by atoms with Crippen LogP contribution in [0.15, 0.2) is 59.6 Å². The normalized spacial score (nSPS) is 24.5. The Morgan fingerprint density at radius 2 is 1.87 bits per heavy atom. The maximum atomic E-state index is 12.8. The van der Waals surface area contributed by atoms with Crippen LogP contribution in [0.4, 0.5) is 5.69 Å². The van der Waals surface area contributed by atoms with Crippen LogP contribution >= 0.6 is 11.8 Å². The Bertz CT molecular complexity index is 1070. The average molecular weight is 447 g/mol. The Kier molecular flexibility index (Phi) is 5.75. The fourth-order valence-corrected chi connectivity index (χ4v) is 7.48. The quantitative estimate of drug-likeness (QED) is 0.698. The average Bonchev–Trinajstić information content (AvgIpc) is 3.19. The maximum absolute atomic E-state index is 12.8. The number of rotatable bonds is 5. The minimum atomic E-state index is -3.13. The molecule has 3 unspecified atom stereocenters. The van der Waals surface area contributed by atoms with E-state index in [0.717, 1.165) is 5.69 Å². The Balaban J connectivity index is 1.62. The van der Waals surface area contributed by atoms with Gasteiger partial charge in [-0.05, 0) is 31.2 Å². The van der Waals surface area contributed by atoms with Crippen molar-refractivity contribution in [1.29, 1.82) is 0 Å². The van der Waals surface area contributed by atoms with Crippen molar-refractivity contribution in [3.63, 3.8) is 0 Å². The summed E-state index contributed by atoms with van der Waals surface area (Å²) in [6, 6.07) is 16.1. The van der Waals surface area contributed by atoms with Crippen LogP contribution in [0, 0.1) is 0 Å². The molecule has 0 aliphatic carbocycles. The number of carbonyl (C=O) groups excluding carboxylic acids is 1. The van der Waals surface area contributed by atoms with Crippen LogP contribution in [0.2, 0.25) is 0 Å². The van der Waals surface area contributed by atoms with Crippen molar-refractivity contribution in [2.45, 2.75) is 24.3 Å². The minimum Gasteiger partial charge on any atom is -0.497 e. The van der Waals surface area contributed by atoms with Gasteiger partial charge in [-0.2, -0.15) is 4.99 Å². The molecule has 0 saturated carbocycles. The molecule has 0 radical (unpaired) electrons. The number of aliphatic imine (C=N–C) groups is 1. The van der Waals surface area contributed by atoms with Gasteiger partial charge in [0.05, 0.1) is 24.7 Å². The molecule has 158 valence electrons. The van der Waals surface area contributed by atoms with Gasteiger partial charge in [-0.1, -0.05) is 36.0 Å². The zero-order valence-electron chi connectivity index (χ0n) is 16.6. The zero-order valence-corrected chi connectivity index (χ0v) is 18.2. The van der Waals surface area contributed by atoms with Crippen molar-refractivity contribution in [2.24, 2.45) is 4.99 Å². The van der Waals surface area contributed by atoms with Crippen LogP contribution in [0.1, 0.15) is 6.92 Å². The molecule has 9 heteroatoms. The molecule has 7 nitrogen and oxygen atoms in total. The Hall–Kier alpha value is -2.52. The Labute approximate surface area is 180 Å². The Morgan fingerprint density at radius 3 is 2.60 bits per heavy atom. The monoisotopic (exact) mass is 446 g/mol. The van der Waals surface area contributed by atoms with Gasteiger partial charge in [0.1, 0.15) is 11.5 Å². The number of carbonyl (C=O) groups is 1. The van der Waals surface area contributed by atoms with Gasteiger partial charge in [0.2, 0.25) is 0 Å². The second kappa shape index (κ2) is 8.31. The SMILES string of the molecule is COc1cccc(N2C(=NC(=O)C(C)Oc3ccccc3)SC3CS(=O)(=O)CC32)c1. The number of fused-ring (bicyclic) bond motifs is 1. The fourth-order valence-electron chi connectivity index (χ4n) is 3.57. The Morgan fingerprint density at radius 1 is 1.13 bits per heavy atom. The number of sulfone groups is 1. The van der Waals surface area contributed by atoms with Gasteiger partial charge in [0, 0.05) is 17.0 Å². The number of hydrogen-bond donors (Lipinski definition) is 0. The fraction of sp³-hybridized carbons (Fsp3) is 0.333. The third-order valence-corrected chi connectivity index (χ3v) is 8.22. The van der Waals surface area contributed by atoms with Crippen LogP contribution in [0.5, 0.6) is 11.5 Å². The van der Waals surface area contributed by atoms with Gasteiger partial charge < -0.3 is 14.4 Å². The first-order chi connectivity index (χ1) is 14.4. The molecule has 2 aromatic rings. The third-order valence-electron chi connectivity index (χ3n) is 5.01. The van der Waals surface area contributed by atoms with E-state index in [-0.39, 0.29) is 22.8 Å². The minimum absolute atomic E-state index is 0.0329. The summed E-state index contributed by atoms with van der Waals surface area (Å²) in [6.07, 6.45) is -0.767. The van der Waals surface area contributed by atoms with Crippen LogP contribution in [0.3, 0.4) is 0 Å². The summed E-state index contributed by atoms with van der Waals surface area (Å²) >= 11 is 1.33. The smallest absolute Gasteiger partial charge is 0.288 e. The molecule has 2 saturated heterocycles. The molecule has 2 aromatic carbocycles. The predicted octanol–water partition coefficient (Wildman–Crippen LogP) is 2.76. The first-order valence-corrected chi connectivity index (χ1v) is 12.2. The van der Waals surface area contributed by atoms with Crippen molar-refractivity contribution in [1.82, 2.24) is 0 Å². The van der Waals surface area contributed by atoms with Crippen LogP contribution < -0.4 is 14.4 Å². The molecule has 0 spiro atoms. The zero-order chi connectivity index (χ0) is 21.3. The predicted molar refractivity (Wildman–Crippen MR) is 118 cm³/mol. The van der Waals surface area contributed by atoms with Gasteiger partial charge in [-0.25, -0.2) is 8.42 Å². The van der Waals surface area contributed by atoms with Gasteiger partial charge >= 0.3 is 0 Å². The summed E-state index contributed by atoms with van der Waals surface area (Å²) in [4.78, 5) is 18.9. The van der Waals surface area contributed by atoms with Crippen LogP contribution in [-0.4, -0.2) is 55.5 Å². The van der Waals surface area contributed by atoms with E-state index in [4.69, 9.17) is 9.47 Å². The van der Waals surface area contributed by atoms with Crippen molar-refractivity contribution in [3.8, 4) is 11.5 Å². The van der Waals surface area contributed by atoms with E-state index in [1.165, 1.54) is 11.8 Å². The number of ether oxygens (including phenoxy) is 2. The van der Waals surface area contributed by atoms with E-state index in [9.17, 15) is 13.2 Å². The molecular formula is C21H22N2O5S2. The summed E-state index contributed by atoms with van der Waals surface area (Å²) in [6.45, 7) is 1.65. The van der Waals surface area contributed by atoms with E-state index >= 15 is 0 Å². The van der Waals surface area contributed by atoms with Crippen molar-refractivity contribution >= 4 is 38.4 Å². The number of amidine groups is 1. The van der Waals surface area contributed by atoms with Gasteiger partial charge in [-0.15, -0.1) is 0 Å². The number of nitrogens with zero attached hydrogens (tertiary/aromatic N) is 2. The molecule has 0 bridgehead atoms. The standard InChI is InChI=1S/C21H22N2O5S2/c1-14(28-16-8-4-3-5-9-16)20(24)22-21-23(15-7-6-10-17(11-15)27-2)18-12-30(25,26)13-19(18)29-21/h3-11,14,18-19H,12-13H2,1-2H3. The highest BCUT2D eigenvalue weighted by molar-refractivity contribution is 8.16. The first kappa shape index (κ1) is 20.7. The van der Waals surface area contributed by atoms with Crippen LogP contribution in [0.25, 0.3) is 0 Å². The molecule has 3 atom stereocenters.